The SMILES string of the molecule is CC(C)(C)[Si](C)(C)OCCCCCSc1ccccc1Br. The number of halogens is 1. The third-order valence-corrected chi connectivity index (χ3v) is 10.8. The van der Waals surface area contributed by atoms with Gasteiger partial charge in [-0.2, -0.15) is 0 Å². The molecule has 0 unspecified atom stereocenters. The van der Waals surface area contributed by atoms with Crippen molar-refractivity contribution in [3.8, 4) is 0 Å². The van der Waals surface area contributed by atoms with Crippen molar-refractivity contribution in [2.75, 3.05) is 12.4 Å². The zero-order valence-corrected chi connectivity index (χ0v) is 17.4. The van der Waals surface area contributed by atoms with Gasteiger partial charge in [0.15, 0.2) is 8.32 Å². The lowest BCUT2D eigenvalue weighted by Crippen LogP contribution is -2.40. The van der Waals surface area contributed by atoms with Crippen LogP contribution in [0.5, 0.6) is 0 Å². The first-order valence-electron chi connectivity index (χ1n) is 7.75. The van der Waals surface area contributed by atoms with E-state index in [4.69, 9.17) is 4.43 Å². The van der Waals surface area contributed by atoms with Crippen molar-refractivity contribution in [1.82, 2.24) is 0 Å². The molecule has 1 aromatic carbocycles. The first-order chi connectivity index (χ1) is 9.74. The third kappa shape index (κ3) is 6.89. The smallest absolute Gasteiger partial charge is 0.191 e. The maximum atomic E-state index is 6.20. The fourth-order valence-corrected chi connectivity index (χ4v) is 4.33. The summed E-state index contributed by atoms with van der Waals surface area (Å²) < 4.78 is 7.41. The average molecular weight is 389 g/mol. The van der Waals surface area contributed by atoms with E-state index in [1.807, 2.05) is 11.8 Å². The van der Waals surface area contributed by atoms with Crippen LogP contribution in [0.3, 0.4) is 0 Å². The Morgan fingerprint density at radius 1 is 1.10 bits per heavy atom. The first-order valence-corrected chi connectivity index (χ1v) is 12.4. The molecule has 0 N–H and O–H groups in total. The van der Waals surface area contributed by atoms with E-state index in [1.54, 1.807) is 0 Å². The highest BCUT2D eigenvalue weighted by molar-refractivity contribution is 9.10. The highest BCUT2D eigenvalue weighted by Gasteiger charge is 2.36. The molecular formula is C17H29BrOSSi. The van der Waals surface area contributed by atoms with Gasteiger partial charge in [0, 0.05) is 16.0 Å². The van der Waals surface area contributed by atoms with Gasteiger partial charge in [0.25, 0.3) is 0 Å². The Balaban J connectivity index is 2.12. The van der Waals surface area contributed by atoms with Gasteiger partial charge in [0.1, 0.15) is 0 Å². The minimum absolute atomic E-state index is 0.322. The molecule has 4 heteroatoms. The van der Waals surface area contributed by atoms with Crippen LogP contribution in [-0.4, -0.2) is 20.7 Å². The van der Waals surface area contributed by atoms with Crippen LogP contribution in [0.2, 0.25) is 18.1 Å². The topological polar surface area (TPSA) is 9.23 Å². The van der Waals surface area contributed by atoms with E-state index in [0.29, 0.717) is 5.04 Å². The van der Waals surface area contributed by atoms with E-state index in [2.05, 4.69) is 74.1 Å². The van der Waals surface area contributed by atoms with Gasteiger partial charge in [-0.1, -0.05) is 39.3 Å². The Kier molecular flexibility index (Phi) is 8.03. The average Bonchev–Trinajstić information content (AvgIpc) is 2.38. The molecule has 0 bridgehead atoms. The van der Waals surface area contributed by atoms with E-state index in [-0.39, 0.29) is 0 Å². The predicted molar refractivity (Wildman–Crippen MR) is 102 cm³/mol. The van der Waals surface area contributed by atoms with Crippen LogP contribution in [0.1, 0.15) is 40.0 Å². The number of benzene rings is 1. The van der Waals surface area contributed by atoms with Gasteiger partial charge in [0.2, 0.25) is 0 Å². The van der Waals surface area contributed by atoms with E-state index in [0.717, 1.165) is 6.61 Å². The van der Waals surface area contributed by atoms with Crippen molar-refractivity contribution in [2.24, 2.45) is 0 Å². The van der Waals surface area contributed by atoms with Crippen molar-refractivity contribution in [3.63, 3.8) is 0 Å². The Hall–Kier alpha value is 0.227. The molecule has 0 aliphatic rings. The van der Waals surface area contributed by atoms with Gasteiger partial charge < -0.3 is 4.43 Å². The summed E-state index contributed by atoms with van der Waals surface area (Å²) in [6.07, 6.45) is 3.70. The molecule has 1 aromatic rings. The van der Waals surface area contributed by atoms with Crippen LogP contribution < -0.4 is 0 Å². The molecule has 0 spiro atoms. The zero-order valence-electron chi connectivity index (χ0n) is 14.0. The van der Waals surface area contributed by atoms with Gasteiger partial charge >= 0.3 is 0 Å². The van der Waals surface area contributed by atoms with Crippen molar-refractivity contribution in [2.45, 2.75) is 63.1 Å². The summed E-state index contributed by atoms with van der Waals surface area (Å²) in [5.41, 5.74) is 0. The fraction of sp³-hybridized carbons (Fsp3) is 0.647. The van der Waals surface area contributed by atoms with Crippen LogP contribution >= 0.6 is 27.7 Å². The molecule has 0 atom stereocenters. The minimum atomic E-state index is -1.54. The molecule has 0 radical (unpaired) electrons. The highest BCUT2D eigenvalue weighted by atomic mass is 79.9. The summed E-state index contributed by atoms with van der Waals surface area (Å²) in [5.74, 6) is 1.18. The molecule has 0 amide bonds. The second-order valence-electron chi connectivity index (χ2n) is 6.95. The summed E-state index contributed by atoms with van der Waals surface area (Å²) in [6.45, 7) is 12.5. The second-order valence-corrected chi connectivity index (χ2v) is 13.7. The van der Waals surface area contributed by atoms with Crippen LogP contribution in [-0.2, 0) is 4.43 Å². The molecule has 0 heterocycles. The van der Waals surface area contributed by atoms with E-state index in [9.17, 15) is 0 Å². The Morgan fingerprint density at radius 2 is 1.76 bits per heavy atom. The molecule has 1 rings (SSSR count). The number of rotatable bonds is 8. The summed E-state index contributed by atoms with van der Waals surface area (Å²) >= 11 is 5.53. The Morgan fingerprint density at radius 3 is 2.38 bits per heavy atom. The minimum Gasteiger partial charge on any atom is -0.417 e. The van der Waals surface area contributed by atoms with Gasteiger partial charge in [-0.15, -0.1) is 11.8 Å². The first kappa shape index (κ1) is 19.3. The van der Waals surface area contributed by atoms with Crippen molar-refractivity contribution in [3.05, 3.63) is 28.7 Å². The Labute approximate surface area is 144 Å². The summed E-state index contributed by atoms with van der Waals surface area (Å²) in [5, 5.41) is 0.322. The highest BCUT2D eigenvalue weighted by Crippen LogP contribution is 2.36. The molecule has 0 aliphatic heterocycles. The molecule has 0 aromatic heterocycles. The monoisotopic (exact) mass is 388 g/mol. The predicted octanol–water partition coefficient (Wildman–Crippen LogP) is 6.73. The summed E-state index contributed by atoms with van der Waals surface area (Å²) in [7, 11) is -1.54. The van der Waals surface area contributed by atoms with Crippen LogP contribution in [0, 0.1) is 0 Å². The van der Waals surface area contributed by atoms with Crippen LogP contribution in [0.4, 0.5) is 0 Å². The number of hydrogen-bond acceptors (Lipinski definition) is 2. The third-order valence-electron chi connectivity index (χ3n) is 4.15. The molecule has 0 fully saturated rings. The lowest BCUT2D eigenvalue weighted by Gasteiger charge is -2.36. The largest absolute Gasteiger partial charge is 0.417 e. The summed E-state index contributed by atoms with van der Waals surface area (Å²) in [4.78, 5) is 1.34. The van der Waals surface area contributed by atoms with Crippen LogP contribution in [0.25, 0.3) is 0 Å². The van der Waals surface area contributed by atoms with E-state index < -0.39 is 8.32 Å². The maximum Gasteiger partial charge on any atom is 0.191 e. The van der Waals surface area contributed by atoms with Gasteiger partial charge in [-0.05, 0) is 64.8 Å². The van der Waals surface area contributed by atoms with Gasteiger partial charge in [-0.3, -0.25) is 0 Å². The van der Waals surface area contributed by atoms with E-state index in [1.165, 1.54) is 34.4 Å². The number of hydrogen-bond donors (Lipinski definition) is 0. The van der Waals surface area contributed by atoms with Gasteiger partial charge in [-0.25, -0.2) is 0 Å². The number of thioether (sulfide) groups is 1. The van der Waals surface area contributed by atoms with Crippen LogP contribution in [0.15, 0.2) is 33.6 Å². The fourth-order valence-electron chi connectivity index (χ4n) is 1.67. The van der Waals surface area contributed by atoms with Crippen molar-refractivity contribution < 1.29 is 4.43 Å². The zero-order chi connectivity index (χ0) is 15.9. The lowest BCUT2D eigenvalue weighted by molar-refractivity contribution is 0.279. The maximum absolute atomic E-state index is 6.20. The molecule has 0 aliphatic carbocycles. The lowest BCUT2D eigenvalue weighted by atomic mass is 10.2. The van der Waals surface area contributed by atoms with Crippen molar-refractivity contribution >= 4 is 36.0 Å². The Bertz CT molecular complexity index is 429. The summed E-state index contributed by atoms with van der Waals surface area (Å²) in [6, 6.07) is 8.44. The quantitative estimate of drug-likeness (QED) is 0.277. The normalized spacial score (nSPS) is 12.7. The molecule has 0 saturated heterocycles. The van der Waals surface area contributed by atoms with E-state index >= 15 is 0 Å². The molecule has 1 nitrogen and oxygen atoms in total. The molecule has 21 heavy (non-hydrogen) atoms. The molecular weight excluding hydrogens is 360 g/mol. The van der Waals surface area contributed by atoms with Gasteiger partial charge in [0.05, 0.1) is 0 Å². The second kappa shape index (κ2) is 8.75. The standard InChI is InChI=1S/C17H29BrOSSi/c1-17(2,3)21(4,5)19-13-9-6-10-14-20-16-12-8-7-11-15(16)18/h7-8,11-12H,6,9-10,13-14H2,1-5H3. The van der Waals surface area contributed by atoms with Crippen molar-refractivity contribution in [1.29, 1.82) is 0 Å². The molecule has 120 valence electrons. The number of unbranched alkanes of at least 4 members (excludes halogenated alkanes) is 2. The molecule has 0 saturated carbocycles.